The van der Waals surface area contributed by atoms with Gasteiger partial charge in [-0.05, 0) is 50.3 Å². The Balaban J connectivity index is 3.35. The Morgan fingerprint density at radius 2 is 1.93 bits per heavy atom. The maximum absolute atomic E-state index is 11.4. The van der Waals surface area contributed by atoms with Crippen LogP contribution in [0.5, 0.6) is 0 Å². The zero-order valence-electron chi connectivity index (χ0n) is 9.57. The summed E-state index contributed by atoms with van der Waals surface area (Å²) in [4.78, 5) is 4.23. The Kier molecular flexibility index (Phi) is 3.21. The van der Waals surface area contributed by atoms with Crippen LogP contribution in [0.1, 0.15) is 34.6 Å². The van der Waals surface area contributed by atoms with Crippen LogP contribution in [0, 0.1) is 20.8 Å². The number of hydrogen-bond acceptors (Lipinski definition) is 2. The number of aryl methyl sites for hydroxylation is 1. The van der Waals surface area contributed by atoms with Crippen molar-refractivity contribution >= 4 is 15.7 Å². The van der Waals surface area contributed by atoms with E-state index in [1.807, 2.05) is 20.8 Å². The standard InChI is InChI=1S/C11H17NO2S/c1-7-6-12-11(9(3)8(7)2)10(4)15(5,13)14/h6,10H,5H2,1-4H3,(H,13,14). The Morgan fingerprint density at radius 1 is 1.40 bits per heavy atom. The zero-order chi connectivity index (χ0) is 11.8. The molecule has 0 fully saturated rings. The van der Waals surface area contributed by atoms with Crippen molar-refractivity contribution in [1.29, 1.82) is 0 Å². The molecule has 0 aliphatic rings. The molecule has 1 heterocycles. The summed E-state index contributed by atoms with van der Waals surface area (Å²) >= 11 is 0. The highest BCUT2D eigenvalue weighted by molar-refractivity contribution is 7.95. The van der Waals surface area contributed by atoms with Gasteiger partial charge in [0.2, 0.25) is 0 Å². The van der Waals surface area contributed by atoms with Crippen molar-refractivity contribution in [3.05, 3.63) is 28.6 Å². The molecule has 3 nitrogen and oxygen atoms in total. The van der Waals surface area contributed by atoms with Crippen LogP contribution in [-0.4, -0.2) is 19.6 Å². The summed E-state index contributed by atoms with van der Waals surface area (Å²) in [5.41, 5.74) is 3.86. The number of rotatable bonds is 2. The van der Waals surface area contributed by atoms with Crippen molar-refractivity contribution in [3.8, 4) is 0 Å². The molecular formula is C11H17NO2S. The molecule has 1 aromatic heterocycles. The lowest BCUT2D eigenvalue weighted by Gasteiger charge is -2.16. The molecule has 1 N–H and O–H groups in total. The second kappa shape index (κ2) is 3.94. The van der Waals surface area contributed by atoms with Crippen LogP contribution in [0.25, 0.3) is 0 Å². The van der Waals surface area contributed by atoms with E-state index in [0.29, 0.717) is 5.69 Å². The third-order valence-corrected chi connectivity index (χ3v) is 4.20. The molecule has 0 spiro atoms. The lowest BCUT2D eigenvalue weighted by atomic mass is 10.0. The summed E-state index contributed by atoms with van der Waals surface area (Å²) in [5.74, 6) is 3.28. The maximum Gasteiger partial charge on any atom is 0.0899 e. The molecule has 0 saturated carbocycles. The van der Waals surface area contributed by atoms with Crippen molar-refractivity contribution in [2.24, 2.45) is 0 Å². The van der Waals surface area contributed by atoms with E-state index in [1.165, 1.54) is 0 Å². The molecule has 4 heteroatoms. The van der Waals surface area contributed by atoms with Crippen molar-refractivity contribution in [2.75, 3.05) is 0 Å². The zero-order valence-corrected chi connectivity index (χ0v) is 10.4. The molecule has 15 heavy (non-hydrogen) atoms. The summed E-state index contributed by atoms with van der Waals surface area (Å²) in [6, 6.07) is 0. The Hall–Kier alpha value is -0.870. The highest BCUT2D eigenvalue weighted by Crippen LogP contribution is 2.25. The molecule has 0 bridgehead atoms. The van der Waals surface area contributed by atoms with Gasteiger partial charge in [-0.25, -0.2) is 4.21 Å². The fourth-order valence-corrected chi connectivity index (χ4v) is 2.02. The lowest BCUT2D eigenvalue weighted by molar-refractivity contribution is 0.547. The molecule has 0 radical (unpaired) electrons. The van der Waals surface area contributed by atoms with Crippen molar-refractivity contribution in [1.82, 2.24) is 4.98 Å². The largest absolute Gasteiger partial charge is 0.313 e. The highest BCUT2D eigenvalue weighted by atomic mass is 32.2. The summed E-state index contributed by atoms with van der Waals surface area (Å²) in [6.45, 7) is 7.57. The molecule has 0 saturated heterocycles. The van der Waals surface area contributed by atoms with Gasteiger partial charge in [-0.1, -0.05) is 0 Å². The molecule has 2 atom stereocenters. The second-order valence-corrected chi connectivity index (χ2v) is 6.00. The molecule has 0 aliphatic heterocycles. The minimum absolute atomic E-state index is 0.531. The van der Waals surface area contributed by atoms with E-state index < -0.39 is 15.1 Å². The first-order chi connectivity index (χ1) is 6.75. The smallest absolute Gasteiger partial charge is 0.0899 e. The van der Waals surface area contributed by atoms with Gasteiger partial charge in [-0.3, -0.25) is 4.98 Å². The molecule has 2 unspecified atom stereocenters. The van der Waals surface area contributed by atoms with E-state index in [0.717, 1.165) is 16.7 Å². The summed E-state index contributed by atoms with van der Waals surface area (Å²) < 4.78 is 20.8. The van der Waals surface area contributed by atoms with Crippen molar-refractivity contribution < 1.29 is 8.76 Å². The normalized spacial score (nSPS) is 17.1. The average Bonchev–Trinajstić information content (AvgIpc) is 2.12. The van der Waals surface area contributed by atoms with E-state index in [9.17, 15) is 8.76 Å². The molecule has 1 rings (SSSR count). The summed E-state index contributed by atoms with van der Waals surface area (Å²) in [7, 11) is -3.07. The minimum atomic E-state index is -3.07. The van der Waals surface area contributed by atoms with Gasteiger partial charge in [0, 0.05) is 6.20 Å². The topological polar surface area (TPSA) is 50.2 Å². The van der Waals surface area contributed by atoms with Crippen LogP contribution in [0.3, 0.4) is 0 Å². The van der Waals surface area contributed by atoms with E-state index >= 15 is 0 Å². The first kappa shape index (κ1) is 12.2. The molecule has 0 aliphatic carbocycles. The molecule has 0 amide bonds. The number of nitrogens with zero attached hydrogens (tertiary/aromatic N) is 1. The lowest BCUT2D eigenvalue weighted by Crippen LogP contribution is -2.12. The van der Waals surface area contributed by atoms with Gasteiger partial charge in [-0.2, -0.15) is 0 Å². The third kappa shape index (κ3) is 2.38. The van der Waals surface area contributed by atoms with Crippen molar-refractivity contribution in [2.45, 2.75) is 32.9 Å². The predicted molar refractivity (Wildman–Crippen MR) is 64.8 cm³/mol. The quantitative estimate of drug-likeness (QED) is 0.788. The van der Waals surface area contributed by atoms with Gasteiger partial charge in [0.15, 0.2) is 0 Å². The number of pyridine rings is 1. The number of hydrogen-bond donors (Lipinski definition) is 1. The SMILES string of the molecule is C=S(=O)(O)C(C)c1ncc(C)c(C)c1C. The van der Waals surface area contributed by atoms with Gasteiger partial charge < -0.3 is 4.55 Å². The number of aromatic nitrogens is 1. The molecular weight excluding hydrogens is 210 g/mol. The molecule has 0 aromatic carbocycles. The van der Waals surface area contributed by atoms with Crippen LogP contribution in [-0.2, 0) is 9.80 Å². The van der Waals surface area contributed by atoms with Crippen LogP contribution in [0.4, 0.5) is 0 Å². The van der Waals surface area contributed by atoms with Crippen molar-refractivity contribution in [3.63, 3.8) is 0 Å². The summed E-state index contributed by atoms with van der Waals surface area (Å²) in [6.07, 6.45) is 1.74. The van der Waals surface area contributed by atoms with Gasteiger partial charge in [-0.15, -0.1) is 0 Å². The predicted octanol–water partition coefficient (Wildman–Crippen LogP) is 2.26. The van der Waals surface area contributed by atoms with E-state index in [-0.39, 0.29) is 0 Å². The molecule has 1 aromatic rings. The fourth-order valence-electron chi connectivity index (χ4n) is 1.43. The first-order valence-corrected chi connectivity index (χ1v) is 6.51. The van der Waals surface area contributed by atoms with Gasteiger partial charge in [0.1, 0.15) is 0 Å². The third-order valence-electron chi connectivity index (χ3n) is 2.87. The Morgan fingerprint density at radius 3 is 2.40 bits per heavy atom. The van der Waals surface area contributed by atoms with E-state index in [4.69, 9.17) is 0 Å². The van der Waals surface area contributed by atoms with E-state index in [1.54, 1.807) is 13.1 Å². The second-order valence-electron chi connectivity index (χ2n) is 3.91. The monoisotopic (exact) mass is 227 g/mol. The van der Waals surface area contributed by atoms with Crippen LogP contribution in [0.15, 0.2) is 6.20 Å². The summed E-state index contributed by atoms with van der Waals surface area (Å²) in [5, 5.41) is -0.531. The molecule has 84 valence electrons. The van der Waals surface area contributed by atoms with Crippen LogP contribution >= 0.6 is 0 Å². The Labute approximate surface area is 91.4 Å². The highest BCUT2D eigenvalue weighted by Gasteiger charge is 2.18. The maximum atomic E-state index is 11.4. The Bertz CT molecular complexity index is 478. The fraction of sp³-hybridized carbons (Fsp3) is 0.455. The first-order valence-electron chi connectivity index (χ1n) is 4.76. The van der Waals surface area contributed by atoms with Gasteiger partial charge in [0.05, 0.1) is 20.7 Å². The van der Waals surface area contributed by atoms with Crippen LogP contribution in [0.2, 0.25) is 0 Å². The van der Waals surface area contributed by atoms with E-state index in [2.05, 4.69) is 10.9 Å². The average molecular weight is 227 g/mol. The minimum Gasteiger partial charge on any atom is -0.313 e. The van der Waals surface area contributed by atoms with Crippen LogP contribution < -0.4 is 0 Å². The van der Waals surface area contributed by atoms with Gasteiger partial charge >= 0.3 is 0 Å². The van der Waals surface area contributed by atoms with Gasteiger partial charge in [0.25, 0.3) is 0 Å².